The maximum atomic E-state index is 12.7. The number of amides is 1. The van der Waals surface area contributed by atoms with E-state index in [2.05, 4.69) is 46.1 Å². The van der Waals surface area contributed by atoms with Crippen LogP contribution in [0, 0.1) is 0 Å². The number of anilines is 1. The van der Waals surface area contributed by atoms with E-state index in [1.807, 2.05) is 36.4 Å². The predicted octanol–water partition coefficient (Wildman–Crippen LogP) is 6.64. The van der Waals surface area contributed by atoms with Crippen LogP contribution in [0.3, 0.4) is 0 Å². The third-order valence-corrected chi connectivity index (χ3v) is 5.41. The van der Waals surface area contributed by atoms with E-state index >= 15 is 0 Å². The molecule has 0 saturated carbocycles. The summed E-state index contributed by atoms with van der Waals surface area (Å²) in [5.41, 5.74) is 4.60. The molecule has 30 heavy (non-hydrogen) atoms. The van der Waals surface area contributed by atoms with Crippen molar-refractivity contribution in [2.24, 2.45) is 0 Å². The number of hydrogen-bond acceptors (Lipinski definition) is 4. The molecule has 1 N–H and O–H groups in total. The molecular formula is C24H21BrN2O3. The number of oxazole rings is 1. The lowest BCUT2D eigenvalue weighted by Crippen LogP contribution is -2.12. The molecule has 4 rings (SSSR count). The molecule has 152 valence electrons. The Morgan fingerprint density at radius 2 is 1.83 bits per heavy atom. The molecule has 0 bridgehead atoms. The van der Waals surface area contributed by atoms with E-state index in [-0.39, 0.29) is 5.91 Å². The summed E-state index contributed by atoms with van der Waals surface area (Å²) in [7, 11) is 1.57. The molecule has 0 aliphatic carbocycles. The summed E-state index contributed by atoms with van der Waals surface area (Å²) in [5, 5.41) is 2.92. The summed E-state index contributed by atoms with van der Waals surface area (Å²) < 4.78 is 12.3. The Labute approximate surface area is 183 Å². The van der Waals surface area contributed by atoms with Crippen molar-refractivity contribution >= 4 is 38.6 Å². The number of carbonyl (C=O) groups is 1. The fourth-order valence-electron chi connectivity index (χ4n) is 3.16. The van der Waals surface area contributed by atoms with Crippen LogP contribution in [-0.2, 0) is 0 Å². The van der Waals surface area contributed by atoms with E-state index in [0.29, 0.717) is 28.8 Å². The minimum atomic E-state index is -0.225. The third kappa shape index (κ3) is 4.09. The summed E-state index contributed by atoms with van der Waals surface area (Å²) in [6.45, 7) is 4.29. The van der Waals surface area contributed by atoms with Crippen LogP contribution in [0.15, 0.2) is 69.6 Å². The van der Waals surface area contributed by atoms with Crippen molar-refractivity contribution < 1.29 is 13.9 Å². The van der Waals surface area contributed by atoms with Crippen LogP contribution in [0.25, 0.3) is 22.6 Å². The van der Waals surface area contributed by atoms with Crippen molar-refractivity contribution in [2.75, 3.05) is 12.4 Å². The Bertz CT molecular complexity index is 1210. The number of ether oxygens (including phenoxy) is 1. The topological polar surface area (TPSA) is 64.4 Å². The third-order valence-electron chi connectivity index (χ3n) is 4.88. The number of carbonyl (C=O) groups excluding carboxylic acids is 1. The standard InChI is InChI=1S/C24H21BrN2O3/c1-14(2)16-6-11-22-20(12-16)27-24(30-22)17-7-10-21(29-3)19(13-17)26-23(28)15-4-8-18(25)9-5-15/h4-14H,1-3H3,(H,26,28). The molecule has 1 aromatic heterocycles. The quantitative estimate of drug-likeness (QED) is 0.359. The van der Waals surface area contributed by atoms with E-state index in [1.54, 1.807) is 25.3 Å². The lowest BCUT2D eigenvalue weighted by Gasteiger charge is -2.11. The van der Waals surface area contributed by atoms with E-state index in [4.69, 9.17) is 9.15 Å². The van der Waals surface area contributed by atoms with E-state index < -0.39 is 0 Å². The van der Waals surface area contributed by atoms with Gasteiger partial charge in [0.25, 0.3) is 5.91 Å². The van der Waals surface area contributed by atoms with E-state index in [9.17, 15) is 4.79 Å². The van der Waals surface area contributed by atoms with Crippen LogP contribution < -0.4 is 10.1 Å². The largest absolute Gasteiger partial charge is 0.495 e. The Hall–Kier alpha value is -3.12. The number of benzene rings is 3. The van der Waals surface area contributed by atoms with Crippen molar-refractivity contribution in [3.63, 3.8) is 0 Å². The number of rotatable bonds is 5. The zero-order valence-corrected chi connectivity index (χ0v) is 18.5. The van der Waals surface area contributed by atoms with Crippen molar-refractivity contribution in [1.29, 1.82) is 0 Å². The van der Waals surface area contributed by atoms with Gasteiger partial charge >= 0.3 is 0 Å². The average Bonchev–Trinajstić information content (AvgIpc) is 3.17. The van der Waals surface area contributed by atoms with Crippen LogP contribution in [0.4, 0.5) is 5.69 Å². The molecular weight excluding hydrogens is 444 g/mol. The minimum absolute atomic E-state index is 0.225. The second-order valence-corrected chi connectivity index (χ2v) is 8.19. The van der Waals surface area contributed by atoms with Crippen LogP contribution in [0.5, 0.6) is 5.75 Å². The number of methoxy groups -OCH3 is 1. The number of nitrogens with zero attached hydrogens (tertiary/aromatic N) is 1. The molecule has 6 heteroatoms. The van der Waals surface area contributed by atoms with Gasteiger partial charge in [-0.05, 0) is 66.1 Å². The first-order valence-corrected chi connectivity index (χ1v) is 10.4. The fraction of sp³-hybridized carbons (Fsp3) is 0.167. The lowest BCUT2D eigenvalue weighted by atomic mass is 10.0. The van der Waals surface area contributed by atoms with Crippen molar-refractivity contribution in [3.05, 3.63) is 76.3 Å². The van der Waals surface area contributed by atoms with Gasteiger partial charge in [-0.2, -0.15) is 0 Å². The number of fused-ring (bicyclic) bond motifs is 1. The highest BCUT2D eigenvalue weighted by molar-refractivity contribution is 9.10. The molecule has 0 fully saturated rings. The summed E-state index contributed by atoms with van der Waals surface area (Å²) in [4.78, 5) is 17.3. The minimum Gasteiger partial charge on any atom is -0.495 e. The second kappa shape index (κ2) is 8.32. The molecule has 0 aliphatic heterocycles. The number of hydrogen-bond donors (Lipinski definition) is 1. The first kappa shape index (κ1) is 20.2. The second-order valence-electron chi connectivity index (χ2n) is 7.28. The molecule has 0 radical (unpaired) electrons. The van der Waals surface area contributed by atoms with Gasteiger partial charge in [0.05, 0.1) is 12.8 Å². The van der Waals surface area contributed by atoms with Gasteiger partial charge in [-0.15, -0.1) is 0 Å². The molecule has 0 aliphatic rings. The summed E-state index contributed by atoms with van der Waals surface area (Å²) in [6.07, 6.45) is 0. The van der Waals surface area contributed by atoms with Crippen LogP contribution in [0.1, 0.15) is 35.7 Å². The monoisotopic (exact) mass is 464 g/mol. The SMILES string of the molecule is COc1ccc(-c2nc3cc(C(C)C)ccc3o2)cc1NC(=O)c1ccc(Br)cc1. The van der Waals surface area contributed by atoms with Crippen molar-refractivity contribution in [1.82, 2.24) is 4.98 Å². The predicted molar refractivity (Wildman–Crippen MR) is 122 cm³/mol. The first-order valence-electron chi connectivity index (χ1n) is 9.60. The molecule has 3 aromatic carbocycles. The first-order chi connectivity index (χ1) is 14.4. The van der Waals surface area contributed by atoms with E-state index in [0.717, 1.165) is 21.1 Å². The highest BCUT2D eigenvalue weighted by Gasteiger charge is 2.15. The van der Waals surface area contributed by atoms with Crippen LogP contribution in [-0.4, -0.2) is 18.0 Å². The van der Waals surface area contributed by atoms with Crippen LogP contribution in [0.2, 0.25) is 0 Å². The molecule has 4 aromatic rings. The van der Waals surface area contributed by atoms with Gasteiger partial charge in [0.1, 0.15) is 11.3 Å². The van der Waals surface area contributed by atoms with Crippen molar-refractivity contribution in [3.8, 4) is 17.2 Å². The summed E-state index contributed by atoms with van der Waals surface area (Å²) in [5.74, 6) is 1.24. The van der Waals surface area contributed by atoms with Gasteiger partial charge < -0.3 is 14.5 Å². The Morgan fingerprint density at radius 3 is 2.53 bits per heavy atom. The Morgan fingerprint density at radius 1 is 1.07 bits per heavy atom. The van der Waals surface area contributed by atoms with Gasteiger partial charge in [0.15, 0.2) is 5.58 Å². The average molecular weight is 465 g/mol. The maximum Gasteiger partial charge on any atom is 0.255 e. The number of halogens is 1. The molecule has 0 atom stereocenters. The van der Waals surface area contributed by atoms with Gasteiger partial charge in [-0.1, -0.05) is 35.8 Å². The van der Waals surface area contributed by atoms with Gasteiger partial charge in [-0.25, -0.2) is 4.98 Å². The summed E-state index contributed by atoms with van der Waals surface area (Å²) in [6, 6.07) is 18.7. The highest BCUT2D eigenvalue weighted by Crippen LogP contribution is 2.33. The zero-order chi connectivity index (χ0) is 21.3. The molecule has 1 amide bonds. The lowest BCUT2D eigenvalue weighted by molar-refractivity contribution is 0.102. The number of nitrogens with one attached hydrogen (secondary N) is 1. The maximum absolute atomic E-state index is 12.7. The Kier molecular flexibility index (Phi) is 5.59. The normalized spacial score (nSPS) is 11.1. The molecule has 0 saturated heterocycles. The zero-order valence-electron chi connectivity index (χ0n) is 16.9. The molecule has 0 spiro atoms. The summed E-state index contributed by atoms with van der Waals surface area (Å²) >= 11 is 3.38. The van der Waals surface area contributed by atoms with Gasteiger partial charge in [-0.3, -0.25) is 4.79 Å². The number of aromatic nitrogens is 1. The molecule has 1 heterocycles. The Balaban J connectivity index is 1.67. The highest BCUT2D eigenvalue weighted by atomic mass is 79.9. The molecule has 5 nitrogen and oxygen atoms in total. The van der Waals surface area contributed by atoms with Gasteiger partial charge in [0.2, 0.25) is 5.89 Å². The van der Waals surface area contributed by atoms with Gasteiger partial charge in [0, 0.05) is 15.6 Å². The van der Waals surface area contributed by atoms with E-state index in [1.165, 1.54) is 5.56 Å². The van der Waals surface area contributed by atoms with Crippen molar-refractivity contribution in [2.45, 2.75) is 19.8 Å². The smallest absolute Gasteiger partial charge is 0.255 e. The molecule has 0 unspecified atom stereocenters. The van der Waals surface area contributed by atoms with Crippen LogP contribution >= 0.6 is 15.9 Å². The fourth-order valence-corrected chi connectivity index (χ4v) is 3.43.